The molecule has 2 aliphatic carbocycles. The van der Waals surface area contributed by atoms with Crippen LogP contribution >= 0.6 is 0 Å². The number of hydrogen-bond donors (Lipinski definition) is 1. The summed E-state index contributed by atoms with van der Waals surface area (Å²) in [5.41, 5.74) is 0. The number of amides is 1. The Bertz CT molecular complexity index is 320. The minimum atomic E-state index is 0.360. The average Bonchev–Trinajstić information content (AvgIpc) is 3.03. The van der Waals surface area contributed by atoms with Crippen LogP contribution in [0.2, 0.25) is 0 Å². The van der Waals surface area contributed by atoms with Gasteiger partial charge in [-0.15, -0.1) is 0 Å². The maximum absolute atomic E-state index is 12.7. The number of hydrogen-bond acceptors (Lipinski definition) is 2. The molecule has 1 heterocycles. The van der Waals surface area contributed by atoms with Crippen LogP contribution in [0.15, 0.2) is 0 Å². The van der Waals surface area contributed by atoms with E-state index in [2.05, 4.69) is 24.1 Å². The number of rotatable bonds is 3. The molecule has 2 saturated carbocycles. The molecule has 1 aliphatic heterocycles. The van der Waals surface area contributed by atoms with Gasteiger partial charge in [0.05, 0.1) is 0 Å². The molecule has 4 atom stereocenters. The monoisotopic (exact) mass is 250 g/mol. The van der Waals surface area contributed by atoms with Gasteiger partial charge in [-0.1, -0.05) is 13.8 Å². The lowest BCUT2D eigenvalue weighted by Crippen LogP contribution is -2.58. The Kier molecular flexibility index (Phi) is 3.35. The van der Waals surface area contributed by atoms with E-state index in [0.29, 0.717) is 23.9 Å². The lowest BCUT2D eigenvalue weighted by atomic mass is 9.97. The summed E-state index contributed by atoms with van der Waals surface area (Å²) in [6, 6.07) is 0.935. The molecule has 0 bridgehead atoms. The van der Waals surface area contributed by atoms with Crippen LogP contribution in [0.3, 0.4) is 0 Å². The van der Waals surface area contributed by atoms with Gasteiger partial charge in [0.25, 0.3) is 0 Å². The molecule has 3 heteroatoms. The zero-order chi connectivity index (χ0) is 12.7. The van der Waals surface area contributed by atoms with Gasteiger partial charge in [0.2, 0.25) is 5.91 Å². The molecule has 1 saturated heterocycles. The Balaban J connectivity index is 1.65. The Labute approximate surface area is 110 Å². The number of nitrogens with zero attached hydrogens (tertiary/aromatic N) is 1. The molecule has 3 fully saturated rings. The van der Waals surface area contributed by atoms with E-state index in [1.165, 1.54) is 19.3 Å². The summed E-state index contributed by atoms with van der Waals surface area (Å²) in [4.78, 5) is 14.9. The molecule has 1 amide bonds. The highest BCUT2D eigenvalue weighted by Crippen LogP contribution is 2.54. The van der Waals surface area contributed by atoms with Gasteiger partial charge >= 0.3 is 0 Å². The van der Waals surface area contributed by atoms with Gasteiger partial charge in [0, 0.05) is 31.1 Å². The number of fused-ring (bicyclic) bond motifs is 1. The summed E-state index contributed by atoms with van der Waals surface area (Å²) < 4.78 is 0. The van der Waals surface area contributed by atoms with Crippen LogP contribution in [-0.2, 0) is 4.79 Å². The quantitative estimate of drug-likeness (QED) is 0.831. The molecule has 0 aromatic heterocycles. The fourth-order valence-corrected chi connectivity index (χ4v) is 3.92. The third-order valence-electron chi connectivity index (χ3n) is 5.34. The van der Waals surface area contributed by atoms with Crippen LogP contribution in [0.1, 0.15) is 46.0 Å². The molecule has 4 unspecified atom stereocenters. The molecule has 3 rings (SSSR count). The van der Waals surface area contributed by atoms with Crippen LogP contribution in [0.5, 0.6) is 0 Å². The van der Waals surface area contributed by atoms with Crippen LogP contribution in [0.4, 0.5) is 0 Å². The standard InChI is InChI=1S/C15H26N2O/c1-3-13-9-17(14(4-2)8-16-13)15(18)12-6-10-5-11(10)7-12/h10-14,16H,3-9H2,1-2H3. The number of piperazine rings is 1. The summed E-state index contributed by atoms with van der Waals surface area (Å²) in [5, 5.41) is 3.57. The van der Waals surface area contributed by atoms with E-state index < -0.39 is 0 Å². The van der Waals surface area contributed by atoms with E-state index in [4.69, 9.17) is 0 Å². The van der Waals surface area contributed by atoms with Crippen molar-refractivity contribution in [3.05, 3.63) is 0 Å². The maximum Gasteiger partial charge on any atom is 0.226 e. The normalized spacial score (nSPS) is 42.8. The minimum absolute atomic E-state index is 0.360. The topological polar surface area (TPSA) is 32.3 Å². The zero-order valence-electron chi connectivity index (χ0n) is 11.7. The second-order valence-electron chi connectivity index (χ2n) is 6.49. The molecule has 18 heavy (non-hydrogen) atoms. The summed E-state index contributed by atoms with van der Waals surface area (Å²) in [7, 11) is 0. The highest BCUT2D eigenvalue weighted by molar-refractivity contribution is 5.80. The summed E-state index contributed by atoms with van der Waals surface area (Å²) in [5.74, 6) is 2.64. The van der Waals surface area contributed by atoms with Crippen molar-refractivity contribution in [2.24, 2.45) is 17.8 Å². The molecule has 0 aromatic rings. The van der Waals surface area contributed by atoms with Crippen molar-refractivity contribution in [2.45, 2.75) is 58.0 Å². The Morgan fingerprint density at radius 3 is 2.50 bits per heavy atom. The number of nitrogens with one attached hydrogen (secondary N) is 1. The van der Waals surface area contributed by atoms with Gasteiger partial charge in [-0.3, -0.25) is 4.79 Å². The highest BCUT2D eigenvalue weighted by atomic mass is 16.2. The predicted octanol–water partition coefficient (Wildman–Crippen LogP) is 2.02. The zero-order valence-corrected chi connectivity index (χ0v) is 11.7. The van der Waals surface area contributed by atoms with E-state index in [9.17, 15) is 4.79 Å². The van der Waals surface area contributed by atoms with Crippen molar-refractivity contribution in [3.63, 3.8) is 0 Å². The first kappa shape index (κ1) is 12.5. The largest absolute Gasteiger partial charge is 0.337 e. The second-order valence-corrected chi connectivity index (χ2v) is 6.49. The predicted molar refractivity (Wildman–Crippen MR) is 72.2 cm³/mol. The molecule has 102 valence electrons. The fraction of sp³-hybridized carbons (Fsp3) is 0.933. The Morgan fingerprint density at radius 1 is 1.17 bits per heavy atom. The molecule has 0 radical (unpaired) electrons. The Morgan fingerprint density at radius 2 is 1.89 bits per heavy atom. The summed E-state index contributed by atoms with van der Waals surface area (Å²) in [6.07, 6.45) is 5.96. The smallest absolute Gasteiger partial charge is 0.226 e. The van der Waals surface area contributed by atoms with Crippen molar-refractivity contribution < 1.29 is 4.79 Å². The number of carbonyl (C=O) groups is 1. The van der Waals surface area contributed by atoms with Crippen LogP contribution in [0, 0.1) is 17.8 Å². The lowest BCUT2D eigenvalue weighted by Gasteiger charge is -2.41. The van der Waals surface area contributed by atoms with Gasteiger partial charge in [0.1, 0.15) is 0 Å². The minimum Gasteiger partial charge on any atom is -0.337 e. The number of carbonyl (C=O) groups excluding carboxylic acids is 1. The highest BCUT2D eigenvalue weighted by Gasteiger charge is 2.49. The molecule has 3 nitrogen and oxygen atoms in total. The van der Waals surface area contributed by atoms with Gasteiger partial charge in [-0.25, -0.2) is 0 Å². The first-order valence-corrected chi connectivity index (χ1v) is 7.76. The first-order chi connectivity index (χ1) is 8.72. The lowest BCUT2D eigenvalue weighted by molar-refractivity contribution is -0.139. The first-order valence-electron chi connectivity index (χ1n) is 7.76. The van der Waals surface area contributed by atoms with Crippen LogP contribution in [-0.4, -0.2) is 36.0 Å². The molecular weight excluding hydrogens is 224 g/mol. The maximum atomic E-state index is 12.7. The third kappa shape index (κ3) is 2.18. The van der Waals surface area contributed by atoms with Gasteiger partial charge in [-0.2, -0.15) is 0 Å². The van der Waals surface area contributed by atoms with Crippen molar-refractivity contribution in [1.82, 2.24) is 10.2 Å². The molecule has 0 spiro atoms. The molecule has 1 N–H and O–H groups in total. The van der Waals surface area contributed by atoms with E-state index in [-0.39, 0.29) is 0 Å². The fourth-order valence-electron chi connectivity index (χ4n) is 3.92. The van der Waals surface area contributed by atoms with E-state index in [1.54, 1.807) is 0 Å². The summed E-state index contributed by atoms with van der Waals surface area (Å²) >= 11 is 0. The van der Waals surface area contributed by atoms with E-state index in [1.807, 2.05) is 0 Å². The van der Waals surface area contributed by atoms with Gasteiger partial charge in [0.15, 0.2) is 0 Å². The second kappa shape index (κ2) is 4.84. The Hall–Kier alpha value is -0.570. The van der Waals surface area contributed by atoms with Crippen molar-refractivity contribution in [3.8, 4) is 0 Å². The molecular formula is C15H26N2O. The van der Waals surface area contributed by atoms with Crippen LogP contribution < -0.4 is 5.32 Å². The van der Waals surface area contributed by atoms with E-state index in [0.717, 1.165) is 37.8 Å². The van der Waals surface area contributed by atoms with Crippen molar-refractivity contribution in [1.29, 1.82) is 0 Å². The van der Waals surface area contributed by atoms with Crippen molar-refractivity contribution >= 4 is 5.91 Å². The molecule has 0 aromatic carbocycles. The third-order valence-corrected chi connectivity index (χ3v) is 5.34. The van der Waals surface area contributed by atoms with Crippen LogP contribution in [0.25, 0.3) is 0 Å². The summed E-state index contributed by atoms with van der Waals surface area (Å²) in [6.45, 7) is 6.32. The molecule has 3 aliphatic rings. The van der Waals surface area contributed by atoms with E-state index >= 15 is 0 Å². The average molecular weight is 250 g/mol. The van der Waals surface area contributed by atoms with Crippen molar-refractivity contribution in [2.75, 3.05) is 13.1 Å². The van der Waals surface area contributed by atoms with Gasteiger partial charge in [-0.05, 0) is 43.9 Å². The SMILES string of the molecule is CCC1CN(C(=O)C2CC3CC3C2)C(CC)CN1. The van der Waals surface area contributed by atoms with Gasteiger partial charge < -0.3 is 10.2 Å².